The molecule has 3 aromatic carbocycles. The number of hydrogen-bond acceptors (Lipinski definition) is 14. The van der Waals surface area contributed by atoms with Gasteiger partial charge in [-0.1, -0.05) is 6.07 Å². The Kier molecular flexibility index (Phi) is 10.8. The van der Waals surface area contributed by atoms with Crippen LogP contribution < -0.4 is 37.9 Å². The van der Waals surface area contributed by atoms with Crippen LogP contribution in [0.2, 0.25) is 0 Å². The molecule has 0 amide bonds. The minimum absolute atomic E-state index is 0.0135. The average molecular weight is 667 g/mol. The number of ether oxygens (including phenoxy) is 9. The van der Waals surface area contributed by atoms with Crippen LogP contribution in [0.5, 0.6) is 46.0 Å². The van der Waals surface area contributed by atoms with Crippen LogP contribution in [-0.4, -0.2) is 57.3 Å². The lowest BCUT2D eigenvalue weighted by Crippen LogP contribution is -2.39. The molecule has 1 aliphatic heterocycles. The third-order valence-electron chi connectivity index (χ3n) is 6.95. The van der Waals surface area contributed by atoms with E-state index in [9.17, 15) is 24.0 Å². The molecule has 0 saturated carbocycles. The minimum Gasteiger partial charge on any atom is -0.496 e. The van der Waals surface area contributed by atoms with Crippen molar-refractivity contribution < 1.29 is 66.6 Å². The zero-order valence-electron chi connectivity index (χ0n) is 27.5. The summed E-state index contributed by atoms with van der Waals surface area (Å²) >= 11 is 0. The van der Waals surface area contributed by atoms with E-state index in [1.807, 2.05) is 0 Å². The van der Waals surface area contributed by atoms with Crippen molar-refractivity contribution in [2.75, 3.05) is 21.3 Å². The molecule has 1 aliphatic rings. The summed E-state index contributed by atoms with van der Waals surface area (Å²) in [6.45, 7) is 5.95. The summed E-state index contributed by atoms with van der Waals surface area (Å²) in [7, 11) is 4.31. The van der Waals surface area contributed by atoms with Crippen LogP contribution in [0.15, 0.2) is 42.5 Å². The Balaban J connectivity index is 2.12. The summed E-state index contributed by atoms with van der Waals surface area (Å²) in [5.74, 6) is -3.75. The number of methoxy groups -OCH3 is 3. The molecule has 1 heterocycles. The molecule has 0 saturated heterocycles. The van der Waals surface area contributed by atoms with Gasteiger partial charge in [0, 0.05) is 75.6 Å². The Morgan fingerprint density at radius 2 is 1.08 bits per heavy atom. The third kappa shape index (κ3) is 7.77. The number of esters is 5. The van der Waals surface area contributed by atoms with Gasteiger partial charge in [-0.3, -0.25) is 24.0 Å². The number of hydrogen-bond donors (Lipinski definition) is 0. The van der Waals surface area contributed by atoms with Gasteiger partial charge in [-0.2, -0.15) is 0 Å². The molecule has 14 heteroatoms. The van der Waals surface area contributed by atoms with Crippen molar-refractivity contribution in [3.8, 4) is 46.0 Å². The highest BCUT2D eigenvalue weighted by Crippen LogP contribution is 2.56. The van der Waals surface area contributed by atoms with E-state index in [0.717, 1.165) is 0 Å². The van der Waals surface area contributed by atoms with E-state index in [1.165, 1.54) is 86.3 Å². The Hall–Kier alpha value is -5.79. The van der Waals surface area contributed by atoms with Crippen LogP contribution in [0.25, 0.3) is 0 Å². The summed E-state index contributed by atoms with van der Waals surface area (Å²) in [6, 6.07) is 10.3. The SMILES string of the molecule is COc1cc(OC)c(C2c3c(OC(C)=O)cc(OC(C)=O)cc3OC(c3ccc(OC(C)=O)c(OC(C)=O)c3)C2OC(C)=O)c(OC)c1. The fourth-order valence-electron chi connectivity index (χ4n) is 5.39. The van der Waals surface area contributed by atoms with Gasteiger partial charge in [0.1, 0.15) is 34.5 Å². The molecule has 14 nitrogen and oxygen atoms in total. The van der Waals surface area contributed by atoms with Gasteiger partial charge in [-0.05, 0) is 12.1 Å². The van der Waals surface area contributed by atoms with E-state index < -0.39 is 48.0 Å². The molecule has 0 N–H and O–H groups in total. The smallest absolute Gasteiger partial charge is 0.308 e. The molecule has 0 bridgehead atoms. The zero-order valence-corrected chi connectivity index (χ0v) is 27.5. The average Bonchev–Trinajstić information content (AvgIpc) is 2.99. The second-order valence-electron chi connectivity index (χ2n) is 10.4. The summed E-state index contributed by atoms with van der Waals surface area (Å²) in [6.07, 6.45) is -2.42. The van der Waals surface area contributed by atoms with Gasteiger partial charge in [0.2, 0.25) is 0 Å². The Morgan fingerprint density at radius 1 is 0.542 bits per heavy atom. The quantitative estimate of drug-likeness (QED) is 0.217. The molecule has 3 atom stereocenters. The summed E-state index contributed by atoms with van der Waals surface area (Å²) in [5.41, 5.74) is 0.886. The lowest BCUT2D eigenvalue weighted by atomic mass is 9.78. The molecule has 0 spiro atoms. The number of fused-ring (bicyclic) bond motifs is 1. The maximum Gasteiger partial charge on any atom is 0.308 e. The van der Waals surface area contributed by atoms with E-state index in [1.54, 1.807) is 12.1 Å². The van der Waals surface area contributed by atoms with Crippen molar-refractivity contribution in [2.45, 2.75) is 52.7 Å². The van der Waals surface area contributed by atoms with E-state index in [0.29, 0.717) is 16.9 Å². The lowest BCUT2D eigenvalue weighted by Gasteiger charge is -2.40. The summed E-state index contributed by atoms with van der Waals surface area (Å²) < 4.78 is 51.0. The lowest BCUT2D eigenvalue weighted by molar-refractivity contribution is -0.154. The molecule has 0 aromatic heterocycles. The number of benzene rings is 3. The highest BCUT2D eigenvalue weighted by molar-refractivity contribution is 5.76. The van der Waals surface area contributed by atoms with Crippen molar-refractivity contribution in [2.24, 2.45) is 0 Å². The normalized spacial score (nSPS) is 16.3. The topological polar surface area (TPSA) is 168 Å². The highest BCUT2D eigenvalue weighted by Gasteiger charge is 2.47. The van der Waals surface area contributed by atoms with Gasteiger partial charge in [0.15, 0.2) is 23.7 Å². The van der Waals surface area contributed by atoms with Gasteiger partial charge in [-0.25, -0.2) is 0 Å². The first-order valence-corrected chi connectivity index (χ1v) is 14.5. The van der Waals surface area contributed by atoms with Crippen LogP contribution >= 0.6 is 0 Å². The number of carbonyl (C=O) groups excluding carboxylic acids is 5. The maximum atomic E-state index is 12.8. The van der Waals surface area contributed by atoms with E-state index in [-0.39, 0.29) is 45.8 Å². The van der Waals surface area contributed by atoms with Crippen LogP contribution in [-0.2, 0) is 28.7 Å². The van der Waals surface area contributed by atoms with E-state index in [4.69, 9.17) is 42.6 Å². The molecular formula is C34H34O14. The standard InChI is InChI=1S/C34H34O14/c1-16(35)43-23-14-28(46-19(4)38)31-29(15-23)48-33(21-9-10-24(44-17(2)36)25(11-21)45-18(3)37)34(47-20(5)39)32(31)30-26(41-7)12-22(40-6)13-27(30)42-8/h9-15,32-34H,1-8H3. The molecular weight excluding hydrogens is 632 g/mol. The first-order valence-electron chi connectivity index (χ1n) is 14.5. The molecule has 0 fully saturated rings. The van der Waals surface area contributed by atoms with Gasteiger partial charge < -0.3 is 42.6 Å². The fourth-order valence-corrected chi connectivity index (χ4v) is 5.39. The van der Waals surface area contributed by atoms with E-state index in [2.05, 4.69) is 0 Å². The predicted octanol–water partition coefficient (Wildman–Crippen LogP) is 4.61. The van der Waals surface area contributed by atoms with Crippen molar-refractivity contribution in [1.29, 1.82) is 0 Å². The van der Waals surface area contributed by atoms with Gasteiger partial charge >= 0.3 is 29.8 Å². The molecule has 0 aliphatic carbocycles. The predicted molar refractivity (Wildman–Crippen MR) is 165 cm³/mol. The van der Waals surface area contributed by atoms with Gasteiger partial charge in [0.25, 0.3) is 0 Å². The molecule has 0 radical (unpaired) electrons. The van der Waals surface area contributed by atoms with Crippen LogP contribution in [0.3, 0.4) is 0 Å². The third-order valence-corrected chi connectivity index (χ3v) is 6.95. The number of rotatable bonds is 10. The zero-order chi connectivity index (χ0) is 35.3. The Morgan fingerprint density at radius 3 is 1.60 bits per heavy atom. The molecule has 48 heavy (non-hydrogen) atoms. The van der Waals surface area contributed by atoms with Crippen LogP contribution in [0.4, 0.5) is 0 Å². The summed E-state index contributed by atoms with van der Waals surface area (Å²) in [5, 5.41) is 0. The van der Waals surface area contributed by atoms with Crippen LogP contribution in [0.1, 0.15) is 63.3 Å². The van der Waals surface area contributed by atoms with Crippen molar-refractivity contribution in [1.82, 2.24) is 0 Å². The molecule has 4 rings (SSSR count). The first-order chi connectivity index (χ1) is 22.8. The highest BCUT2D eigenvalue weighted by atomic mass is 16.6. The second kappa shape index (κ2) is 14.8. The van der Waals surface area contributed by atoms with Gasteiger partial charge in [0.05, 0.1) is 27.2 Å². The van der Waals surface area contributed by atoms with Crippen LogP contribution in [0, 0.1) is 0 Å². The van der Waals surface area contributed by atoms with Gasteiger partial charge in [-0.15, -0.1) is 0 Å². The van der Waals surface area contributed by atoms with E-state index >= 15 is 0 Å². The molecule has 3 aromatic rings. The largest absolute Gasteiger partial charge is 0.496 e. The second-order valence-corrected chi connectivity index (χ2v) is 10.4. The van der Waals surface area contributed by atoms with Crippen molar-refractivity contribution in [3.05, 3.63) is 59.2 Å². The Bertz CT molecular complexity index is 1740. The first kappa shape index (κ1) is 35.1. The monoisotopic (exact) mass is 666 g/mol. The molecule has 254 valence electrons. The minimum atomic E-state index is -1.25. The summed E-state index contributed by atoms with van der Waals surface area (Å²) in [4.78, 5) is 60.9. The number of carbonyl (C=O) groups is 5. The fraction of sp³-hybridized carbons (Fsp3) is 0.324. The van der Waals surface area contributed by atoms with Crippen molar-refractivity contribution >= 4 is 29.8 Å². The van der Waals surface area contributed by atoms with Crippen molar-refractivity contribution in [3.63, 3.8) is 0 Å². The Labute approximate surface area is 275 Å². The molecule has 3 unspecified atom stereocenters. The maximum absolute atomic E-state index is 12.8.